The Morgan fingerprint density at radius 3 is 3.33 bits per heavy atom. The van der Waals surface area contributed by atoms with Crippen LogP contribution >= 0.6 is 0 Å². The molecule has 6 nitrogen and oxygen atoms in total. The Bertz CT molecular complexity index is 468. The van der Waals surface area contributed by atoms with Crippen LogP contribution in [-0.2, 0) is 27.2 Å². The zero-order chi connectivity index (χ0) is 14.5. The van der Waals surface area contributed by atoms with Gasteiger partial charge in [0.25, 0.3) is 0 Å². The fourth-order valence-corrected chi connectivity index (χ4v) is 2.96. The van der Waals surface area contributed by atoms with Gasteiger partial charge in [-0.1, -0.05) is 0 Å². The molecule has 2 aliphatic heterocycles. The van der Waals surface area contributed by atoms with E-state index in [0.29, 0.717) is 19.1 Å². The van der Waals surface area contributed by atoms with Gasteiger partial charge in [0.1, 0.15) is 12.4 Å². The quantitative estimate of drug-likeness (QED) is 0.841. The number of imidazole rings is 1. The second-order valence-corrected chi connectivity index (χ2v) is 5.85. The summed E-state index contributed by atoms with van der Waals surface area (Å²) >= 11 is 0. The van der Waals surface area contributed by atoms with Crippen molar-refractivity contribution in [2.45, 2.75) is 38.3 Å². The molecule has 0 saturated carbocycles. The lowest BCUT2D eigenvalue weighted by molar-refractivity contribution is -0.127. The molecule has 6 heteroatoms. The van der Waals surface area contributed by atoms with Gasteiger partial charge in [0.15, 0.2) is 0 Å². The minimum Gasteiger partial charge on any atom is -0.376 e. The van der Waals surface area contributed by atoms with Gasteiger partial charge in [0.2, 0.25) is 5.91 Å². The van der Waals surface area contributed by atoms with Gasteiger partial charge in [-0.15, -0.1) is 0 Å². The van der Waals surface area contributed by atoms with Gasteiger partial charge in [0.05, 0.1) is 12.7 Å². The summed E-state index contributed by atoms with van der Waals surface area (Å²) in [6.07, 6.45) is 8.19. The summed E-state index contributed by atoms with van der Waals surface area (Å²) in [6.45, 7) is 3.16. The number of fused-ring (bicyclic) bond motifs is 1. The van der Waals surface area contributed by atoms with Crippen molar-refractivity contribution in [2.75, 3.05) is 26.4 Å². The fourth-order valence-electron chi connectivity index (χ4n) is 2.96. The predicted molar refractivity (Wildman–Crippen MR) is 76.8 cm³/mol. The van der Waals surface area contributed by atoms with Crippen molar-refractivity contribution in [1.82, 2.24) is 14.9 Å². The van der Waals surface area contributed by atoms with E-state index in [1.54, 1.807) is 0 Å². The lowest BCUT2D eigenvalue weighted by Crippen LogP contribution is -2.35. The summed E-state index contributed by atoms with van der Waals surface area (Å²) < 4.78 is 13.0. The Morgan fingerprint density at radius 2 is 2.48 bits per heavy atom. The molecule has 1 amide bonds. The molecule has 0 aromatic carbocycles. The normalized spacial score (nSPS) is 24.8. The first-order valence-electron chi connectivity index (χ1n) is 7.77. The van der Waals surface area contributed by atoms with Crippen LogP contribution < -0.4 is 5.32 Å². The van der Waals surface area contributed by atoms with E-state index in [1.807, 2.05) is 12.4 Å². The zero-order valence-electron chi connectivity index (χ0n) is 12.3. The van der Waals surface area contributed by atoms with E-state index in [-0.39, 0.29) is 18.6 Å². The standard InChI is InChI=1S/C15H23N3O3/c19-15(11-20-10-13-2-1-7-21-13)17-9-12-3-5-18-6-4-16-14(18)8-12/h4,6,12-13H,1-3,5,7-11H2,(H,17,19)/t12-,13-/m0/s1. The lowest BCUT2D eigenvalue weighted by atomic mass is 9.98. The van der Waals surface area contributed by atoms with Crippen LogP contribution in [0, 0.1) is 5.92 Å². The smallest absolute Gasteiger partial charge is 0.246 e. The first kappa shape index (κ1) is 14.5. The SMILES string of the molecule is O=C(COC[C@@H]1CCCO1)NC[C@H]1CCn2ccnc2C1. The van der Waals surface area contributed by atoms with E-state index in [1.165, 1.54) is 0 Å². The topological polar surface area (TPSA) is 65.4 Å². The van der Waals surface area contributed by atoms with Crippen LogP contribution in [0.2, 0.25) is 0 Å². The number of amides is 1. The number of ether oxygens (including phenoxy) is 2. The average Bonchev–Trinajstić information content (AvgIpc) is 3.15. The zero-order valence-corrected chi connectivity index (χ0v) is 12.3. The molecule has 1 N–H and O–H groups in total. The van der Waals surface area contributed by atoms with Gasteiger partial charge in [-0.05, 0) is 25.2 Å². The molecule has 0 bridgehead atoms. The molecular weight excluding hydrogens is 270 g/mol. The Balaban J connectivity index is 1.31. The van der Waals surface area contributed by atoms with Gasteiger partial charge in [-0.25, -0.2) is 4.98 Å². The third-order valence-electron chi connectivity index (χ3n) is 4.20. The highest BCUT2D eigenvalue weighted by Gasteiger charge is 2.20. The van der Waals surface area contributed by atoms with Crippen molar-refractivity contribution in [1.29, 1.82) is 0 Å². The molecule has 3 rings (SSSR count). The highest BCUT2D eigenvalue weighted by Crippen LogP contribution is 2.18. The molecule has 2 aliphatic rings. The molecule has 0 spiro atoms. The second kappa shape index (κ2) is 7.04. The van der Waals surface area contributed by atoms with Gasteiger partial charge < -0.3 is 19.4 Å². The van der Waals surface area contributed by atoms with Crippen LogP contribution in [0.15, 0.2) is 12.4 Å². The van der Waals surface area contributed by atoms with Crippen LogP contribution in [0.4, 0.5) is 0 Å². The number of aryl methyl sites for hydroxylation is 1. The van der Waals surface area contributed by atoms with Crippen molar-refractivity contribution in [3.05, 3.63) is 18.2 Å². The molecule has 3 heterocycles. The van der Waals surface area contributed by atoms with E-state index in [4.69, 9.17) is 9.47 Å². The van der Waals surface area contributed by atoms with E-state index in [2.05, 4.69) is 14.9 Å². The Hall–Kier alpha value is -1.40. The molecule has 0 aliphatic carbocycles. The number of carbonyl (C=O) groups is 1. The monoisotopic (exact) mass is 293 g/mol. The predicted octanol–water partition coefficient (Wildman–Crippen LogP) is 0.757. The minimum atomic E-state index is -0.0399. The van der Waals surface area contributed by atoms with Crippen molar-refractivity contribution >= 4 is 5.91 Å². The van der Waals surface area contributed by atoms with Crippen LogP contribution in [-0.4, -0.2) is 47.9 Å². The Morgan fingerprint density at radius 1 is 1.52 bits per heavy atom. The van der Waals surface area contributed by atoms with Crippen molar-refractivity contribution in [3.8, 4) is 0 Å². The van der Waals surface area contributed by atoms with Crippen LogP contribution in [0.25, 0.3) is 0 Å². The summed E-state index contributed by atoms with van der Waals surface area (Å²) in [6, 6.07) is 0. The van der Waals surface area contributed by atoms with Gasteiger partial charge >= 0.3 is 0 Å². The number of hydrogen-bond acceptors (Lipinski definition) is 4. The fraction of sp³-hybridized carbons (Fsp3) is 0.733. The van der Waals surface area contributed by atoms with Crippen LogP contribution in [0.5, 0.6) is 0 Å². The van der Waals surface area contributed by atoms with Crippen LogP contribution in [0.3, 0.4) is 0 Å². The molecule has 1 aromatic rings. The molecule has 2 atom stereocenters. The number of rotatable bonds is 6. The minimum absolute atomic E-state index is 0.0399. The number of carbonyl (C=O) groups excluding carboxylic acids is 1. The molecule has 116 valence electrons. The maximum atomic E-state index is 11.8. The molecule has 21 heavy (non-hydrogen) atoms. The van der Waals surface area contributed by atoms with Crippen molar-refractivity contribution in [2.24, 2.45) is 5.92 Å². The van der Waals surface area contributed by atoms with E-state index in [9.17, 15) is 4.79 Å². The average molecular weight is 293 g/mol. The molecule has 1 saturated heterocycles. The van der Waals surface area contributed by atoms with Crippen molar-refractivity contribution < 1.29 is 14.3 Å². The number of nitrogens with zero attached hydrogens (tertiary/aromatic N) is 2. The van der Waals surface area contributed by atoms with Gasteiger partial charge in [-0.3, -0.25) is 4.79 Å². The van der Waals surface area contributed by atoms with Crippen molar-refractivity contribution in [3.63, 3.8) is 0 Å². The van der Waals surface area contributed by atoms with Gasteiger partial charge in [-0.2, -0.15) is 0 Å². The number of aromatic nitrogens is 2. The first-order chi connectivity index (χ1) is 10.3. The molecule has 1 fully saturated rings. The number of hydrogen-bond donors (Lipinski definition) is 1. The summed E-state index contributed by atoms with van der Waals surface area (Å²) in [7, 11) is 0. The largest absolute Gasteiger partial charge is 0.376 e. The highest BCUT2D eigenvalue weighted by molar-refractivity contribution is 5.77. The van der Waals surface area contributed by atoms with E-state index >= 15 is 0 Å². The summed E-state index contributed by atoms with van der Waals surface area (Å²) in [5.41, 5.74) is 0. The Labute approximate surface area is 124 Å². The molecular formula is C15H23N3O3. The van der Waals surface area contributed by atoms with E-state index < -0.39 is 0 Å². The summed E-state index contributed by atoms with van der Waals surface area (Å²) in [5.74, 6) is 1.55. The number of nitrogens with one attached hydrogen (secondary N) is 1. The summed E-state index contributed by atoms with van der Waals surface area (Å²) in [4.78, 5) is 16.1. The Kier molecular flexibility index (Phi) is 4.87. The molecule has 0 radical (unpaired) electrons. The maximum Gasteiger partial charge on any atom is 0.246 e. The first-order valence-corrected chi connectivity index (χ1v) is 7.77. The molecule has 1 aromatic heterocycles. The third kappa shape index (κ3) is 4.04. The lowest BCUT2D eigenvalue weighted by Gasteiger charge is -2.23. The third-order valence-corrected chi connectivity index (χ3v) is 4.20. The second-order valence-electron chi connectivity index (χ2n) is 5.85. The van der Waals surface area contributed by atoms with Crippen LogP contribution in [0.1, 0.15) is 25.1 Å². The highest BCUT2D eigenvalue weighted by atomic mass is 16.5. The van der Waals surface area contributed by atoms with E-state index in [0.717, 1.165) is 44.7 Å². The maximum absolute atomic E-state index is 11.8. The summed E-state index contributed by atoms with van der Waals surface area (Å²) in [5, 5.41) is 2.96. The molecule has 0 unspecified atom stereocenters. The van der Waals surface area contributed by atoms with Gasteiger partial charge in [0, 0.05) is 38.5 Å².